The first-order valence-corrected chi connectivity index (χ1v) is 9.58. The van der Waals surface area contributed by atoms with Crippen LogP contribution in [0.4, 0.5) is 11.6 Å². The highest BCUT2D eigenvalue weighted by molar-refractivity contribution is 9.10. The Morgan fingerprint density at radius 1 is 1.12 bits per heavy atom. The van der Waals surface area contributed by atoms with Crippen molar-refractivity contribution in [3.63, 3.8) is 0 Å². The number of nitrogens with zero attached hydrogens (tertiary/aromatic N) is 5. The van der Waals surface area contributed by atoms with Gasteiger partial charge < -0.3 is 4.90 Å². The Labute approximate surface area is 152 Å². The SMILES string of the molecule is O=[N+]([O-])c1cnc(N2CCN(S(=O)(=O)c3cccc(Br)c3)CC2)nc1. The molecule has 0 saturated carbocycles. The number of sulfonamides is 1. The molecule has 3 rings (SSSR count). The summed E-state index contributed by atoms with van der Waals surface area (Å²) in [6.07, 6.45) is 2.29. The van der Waals surface area contributed by atoms with Gasteiger partial charge in [-0.25, -0.2) is 18.4 Å². The summed E-state index contributed by atoms with van der Waals surface area (Å²) < 4.78 is 27.5. The second-order valence-electron chi connectivity index (χ2n) is 5.35. The maximum atomic E-state index is 12.7. The lowest BCUT2D eigenvalue weighted by atomic mass is 10.4. The molecule has 0 N–H and O–H groups in total. The van der Waals surface area contributed by atoms with Crippen molar-refractivity contribution < 1.29 is 13.3 Å². The van der Waals surface area contributed by atoms with E-state index < -0.39 is 14.9 Å². The Kier molecular flexibility index (Phi) is 4.97. The molecule has 1 fully saturated rings. The molecule has 1 aromatic carbocycles. The summed E-state index contributed by atoms with van der Waals surface area (Å²) in [6, 6.07) is 6.58. The molecule has 0 atom stereocenters. The zero-order valence-electron chi connectivity index (χ0n) is 12.9. The maximum Gasteiger partial charge on any atom is 0.305 e. The zero-order chi connectivity index (χ0) is 18.0. The molecule has 1 aromatic heterocycles. The summed E-state index contributed by atoms with van der Waals surface area (Å²) in [6.45, 7) is 1.39. The minimum absolute atomic E-state index is 0.181. The van der Waals surface area contributed by atoms with Crippen molar-refractivity contribution in [3.8, 4) is 0 Å². The van der Waals surface area contributed by atoms with Gasteiger partial charge in [-0.1, -0.05) is 22.0 Å². The highest BCUT2D eigenvalue weighted by Gasteiger charge is 2.29. The van der Waals surface area contributed by atoms with Gasteiger partial charge in [0.15, 0.2) is 0 Å². The van der Waals surface area contributed by atoms with Crippen LogP contribution in [0.2, 0.25) is 0 Å². The quantitative estimate of drug-likeness (QED) is 0.538. The van der Waals surface area contributed by atoms with Gasteiger partial charge in [-0.05, 0) is 18.2 Å². The Hall–Kier alpha value is -2.11. The number of halogens is 1. The minimum Gasteiger partial charge on any atom is -0.338 e. The Morgan fingerprint density at radius 3 is 2.32 bits per heavy atom. The van der Waals surface area contributed by atoms with Crippen LogP contribution in [-0.2, 0) is 10.0 Å². The molecule has 0 radical (unpaired) electrons. The third-order valence-corrected chi connectivity index (χ3v) is 6.18. The largest absolute Gasteiger partial charge is 0.338 e. The monoisotopic (exact) mass is 427 g/mol. The number of piperazine rings is 1. The molecule has 1 aliphatic heterocycles. The first kappa shape index (κ1) is 17.7. The lowest BCUT2D eigenvalue weighted by molar-refractivity contribution is -0.385. The van der Waals surface area contributed by atoms with Gasteiger partial charge in [0, 0.05) is 30.7 Å². The number of hydrogen-bond acceptors (Lipinski definition) is 7. The van der Waals surface area contributed by atoms with Crippen molar-refractivity contribution in [1.82, 2.24) is 14.3 Å². The molecule has 0 aliphatic carbocycles. The molecule has 1 aliphatic rings. The van der Waals surface area contributed by atoms with Crippen LogP contribution in [0.15, 0.2) is 46.0 Å². The average molecular weight is 428 g/mol. The molecule has 0 spiro atoms. The summed E-state index contributed by atoms with van der Waals surface area (Å²) in [5, 5.41) is 10.6. The lowest BCUT2D eigenvalue weighted by Gasteiger charge is -2.33. The summed E-state index contributed by atoms with van der Waals surface area (Å²) in [5.74, 6) is 0.352. The molecule has 25 heavy (non-hydrogen) atoms. The molecule has 1 saturated heterocycles. The van der Waals surface area contributed by atoms with Crippen LogP contribution in [-0.4, -0.2) is 53.8 Å². The summed E-state index contributed by atoms with van der Waals surface area (Å²) in [7, 11) is -3.56. The Morgan fingerprint density at radius 2 is 1.76 bits per heavy atom. The molecule has 2 aromatic rings. The van der Waals surface area contributed by atoms with E-state index in [2.05, 4.69) is 25.9 Å². The minimum atomic E-state index is -3.56. The summed E-state index contributed by atoms with van der Waals surface area (Å²) >= 11 is 3.28. The van der Waals surface area contributed by atoms with E-state index >= 15 is 0 Å². The van der Waals surface area contributed by atoms with Gasteiger partial charge in [0.05, 0.1) is 9.82 Å². The van der Waals surface area contributed by atoms with E-state index in [4.69, 9.17) is 0 Å². The number of hydrogen-bond donors (Lipinski definition) is 0. The fourth-order valence-electron chi connectivity index (χ4n) is 2.48. The number of rotatable bonds is 4. The van der Waals surface area contributed by atoms with E-state index in [1.54, 1.807) is 29.2 Å². The predicted octanol–water partition coefficient (Wildman–Crippen LogP) is 1.66. The molecular formula is C14H14BrN5O4S. The number of benzene rings is 1. The molecular weight excluding hydrogens is 414 g/mol. The molecule has 11 heteroatoms. The fraction of sp³-hybridized carbons (Fsp3) is 0.286. The van der Waals surface area contributed by atoms with E-state index in [0.29, 0.717) is 23.5 Å². The van der Waals surface area contributed by atoms with E-state index in [9.17, 15) is 18.5 Å². The van der Waals surface area contributed by atoms with Crippen molar-refractivity contribution in [1.29, 1.82) is 0 Å². The van der Waals surface area contributed by atoms with E-state index in [0.717, 1.165) is 12.4 Å². The highest BCUT2D eigenvalue weighted by atomic mass is 79.9. The zero-order valence-corrected chi connectivity index (χ0v) is 15.4. The van der Waals surface area contributed by atoms with Crippen molar-refractivity contribution in [3.05, 3.63) is 51.2 Å². The fourth-order valence-corrected chi connectivity index (χ4v) is 4.50. The van der Waals surface area contributed by atoms with Crippen molar-refractivity contribution in [2.45, 2.75) is 4.90 Å². The van der Waals surface area contributed by atoms with Crippen molar-refractivity contribution >= 4 is 37.6 Å². The molecule has 132 valence electrons. The first-order chi connectivity index (χ1) is 11.9. The van der Waals surface area contributed by atoms with Crippen LogP contribution in [0.25, 0.3) is 0 Å². The topological polar surface area (TPSA) is 110 Å². The van der Waals surface area contributed by atoms with Gasteiger partial charge in [0.25, 0.3) is 0 Å². The van der Waals surface area contributed by atoms with Crippen molar-refractivity contribution in [2.75, 3.05) is 31.1 Å². The standard InChI is InChI=1S/C14H14BrN5O4S/c15-11-2-1-3-13(8-11)25(23,24)19-6-4-18(5-7-19)14-16-9-12(10-17-14)20(21)22/h1-3,8-10H,4-7H2. The van der Waals surface area contributed by atoms with Gasteiger partial charge in [-0.2, -0.15) is 4.31 Å². The molecule has 0 amide bonds. The second-order valence-corrected chi connectivity index (χ2v) is 8.20. The smallest absolute Gasteiger partial charge is 0.305 e. The van der Waals surface area contributed by atoms with E-state index in [-0.39, 0.29) is 23.7 Å². The predicted molar refractivity (Wildman–Crippen MR) is 93.8 cm³/mol. The Bertz CT molecular complexity index is 882. The summed E-state index contributed by atoms with van der Waals surface area (Å²) in [5.41, 5.74) is -0.181. The van der Waals surface area contributed by atoms with Gasteiger partial charge in [-0.3, -0.25) is 10.1 Å². The first-order valence-electron chi connectivity index (χ1n) is 7.35. The molecule has 0 bridgehead atoms. The van der Waals surface area contributed by atoms with Gasteiger partial charge in [0.2, 0.25) is 16.0 Å². The number of anilines is 1. The number of aromatic nitrogens is 2. The van der Waals surface area contributed by atoms with Crippen LogP contribution >= 0.6 is 15.9 Å². The summed E-state index contributed by atoms with van der Waals surface area (Å²) in [4.78, 5) is 20.1. The van der Waals surface area contributed by atoms with Crippen LogP contribution in [0.5, 0.6) is 0 Å². The second kappa shape index (κ2) is 7.02. The molecule has 0 unspecified atom stereocenters. The van der Waals surface area contributed by atoms with Crippen molar-refractivity contribution in [2.24, 2.45) is 0 Å². The maximum absolute atomic E-state index is 12.7. The number of nitro groups is 1. The van der Waals surface area contributed by atoms with Gasteiger partial charge >= 0.3 is 5.69 Å². The van der Waals surface area contributed by atoms with Crippen LogP contribution in [0, 0.1) is 10.1 Å². The average Bonchev–Trinajstić information content (AvgIpc) is 2.62. The highest BCUT2D eigenvalue weighted by Crippen LogP contribution is 2.22. The van der Waals surface area contributed by atoms with Crippen LogP contribution < -0.4 is 4.90 Å². The molecule has 9 nitrogen and oxygen atoms in total. The Balaban J connectivity index is 1.70. The van der Waals surface area contributed by atoms with E-state index in [1.807, 2.05) is 0 Å². The van der Waals surface area contributed by atoms with Gasteiger partial charge in [-0.15, -0.1) is 0 Å². The third kappa shape index (κ3) is 3.78. The van der Waals surface area contributed by atoms with Gasteiger partial charge in [0.1, 0.15) is 12.4 Å². The van der Waals surface area contributed by atoms with E-state index in [1.165, 1.54) is 4.31 Å². The van der Waals surface area contributed by atoms with Crippen LogP contribution in [0.1, 0.15) is 0 Å². The normalized spacial score (nSPS) is 16.0. The lowest BCUT2D eigenvalue weighted by Crippen LogP contribution is -2.49. The van der Waals surface area contributed by atoms with Crippen LogP contribution in [0.3, 0.4) is 0 Å². The third-order valence-electron chi connectivity index (χ3n) is 3.79. The molecule has 2 heterocycles.